The third kappa shape index (κ3) is 7.13. The van der Waals surface area contributed by atoms with E-state index in [1.54, 1.807) is 6.26 Å². The summed E-state index contributed by atoms with van der Waals surface area (Å²) in [4.78, 5) is 4.87. The maximum absolute atomic E-state index is 5.48. The van der Waals surface area contributed by atoms with Gasteiger partial charge in [-0.2, -0.15) is 0 Å². The zero-order valence-electron chi connectivity index (χ0n) is 16.8. The molecule has 0 bridgehead atoms. The number of guanidine groups is 1. The fraction of sp³-hybridized carbons (Fsp3) is 0.500. The maximum Gasteiger partial charge on any atom is 0.191 e. The predicted molar refractivity (Wildman–Crippen MR) is 125 cm³/mol. The molecule has 2 N–H and O–H groups in total. The van der Waals surface area contributed by atoms with E-state index in [1.165, 1.54) is 5.56 Å². The highest BCUT2D eigenvalue weighted by atomic mass is 127. The van der Waals surface area contributed by atoms with E-state index in [9.17, 15) is 0 Å². The molecular weight excluding hydrogens is 465 g/mol. The Morgan fingerprint density at radius 3 is 2.64 bits per heavy atom. The van der Waals surface area contributed by atoms with Gasteiger partial charge in [-0.25, -0.2) is 0 Å². The lowest BCUT2D eigenvalue weighted by Gasteiger charge is -2.24. The summed E-state index contributed by atoms with van der Waals surface area (Å²) >= 11 is 0. The molecular formula is C22H32IN3O2. The van der Waals surface area contributed by atoms with Gasteiger partial charge in [0.15, 0.2) is 5.96 Å². The lowest BCUT2D eigenvalue weighted by molar-refractivity contribution is 0.186. The van der Waals surface area contributed by atoms with E-state index in [-0.39, 0.29) is 29.4 Å². The predicted octanol–water partition coefficient (Wildman–Crippen LogP) is 3.99. The SMILES string of the molecule is CC(C)(CN=C(NCCc1ccco1)NCC1CCOC1)c1ccccc1.I. The van der Waals surface area contributed by atoms with Crippen LogP contribution in [0.3, 0.4) is 0 Å². The van der Waals surface area contributed by atoms with Crippen LogP contribution in [0.2, 0.25) is 0 Å². The summed E-state index contributed by atoms with van der Waals surface area (Å²) in [5.74, 6) is 2.40. The molecule has 0 saturated carbocycles. The molecule has 1 aromatic heterocycles. The molecule has 2 heterocycles. The summed E-state index contributed by atoms with van der Waals surface area (Å²) in [6, 6.07) is 14.5. The third-order valence-corrected chi connectivity index (χ3v) is 5.01. The average molecular weight is 497 g/mol. The largest absolute Gasteiger partial charge is 0.469 e. The quantitative estimate of drug-likeness (QED) is 0.329. The molecule has 6 heteroatoms. The Labute approximate surface area is 185 Å². The number of hydrogen-bond acceptors (Lipinski definition) is 3. The molecule has 1 saturated heterocycles. The lowest BCUT2D eigenvalue weighted by atomic mass is 9.85. The summed E-state index contributed by atoms with van der Waals surface area (Å²) < 4.78 is 10.9. The van der Waals surface area contributed by atoms with Crippen LogP contribution < -0.4 is 10.6 Å². The molecule has 0 spiro atoms. The van der Waals surface area contributed by atoms with Crippen molar-refractivity contribution in [3.8, 4) is 0 Å². The van der Waals surface area contributed by atoms with E-state index in [2.05, 4.69) is 54.8 Å². The molecule has 28 heavy (non-hydrogen) atoms. The van der Waals surface area contributed by atoms with E-state index in [1.807, 2.05) is 12.1 Å². The fourth-order valence-corrected chi connectivity index (χ4v) is 3.18. The highest BCUT2D eigenvalue weighted by molar-refractivity contribution is 14.0. The van der Waals surface area contributed by atoms with Gasteiger partial charge in [0, 0.05) is 37.5 Å². The van der Waals surface area contributed by atoms with Gasteiger partial charge in [0.1, 0.15) is 5.76 Å². The molecule has 2 aromatic rings. The second-order valence-electron chi connectivity index (χ2n) is 7.78. The average Bonchev–Trinajstić information content (AvgIpc) is 3.38. The molecule has 1 aliphatic rings. The third-order valence-electron chi connectivity index (χ3n) is 5.01. The number of ether oxygens (including phenoxy) is 1. The summed E-state index contributed by atoms with van der Waals surface area (Å²) in [6.45, 7) is 8.56. The molecule has 1 fully saturated rings. The van der Waals surface area contributed by atoms with Crippen LogP contribution in [0.15, 0.2) is 58.1 Å². The van der Waals surface area contributed by atoms with Gasteiger partial charge < -0.3 is 19.8 Å². The minimum atomic E-state index is -0.0205. The van der Waals surface area contributed by atoms with Crippen molar-refractivity contribution in [2.75, 3.05) is 32.8 Å². The first-order valence-electron chi connectivity index (χ1n) is 9.81. The lowest BCUT2D eigenvalue weighted by Crippen LogP contribution is -2.41. The van der Waals surface area contributed by atoms with Crippen molar-refractivity contribution in [3.63, 3.8) is 0 Å². The van der Waals surface area contributed by atoms with Gasteiger partial charge in [-0.15, -0.1) is 24.0 Å². The zero-order chi connectivity index (χ0) is 19.0. The Kier molecular flexibility index (Phi) is 9.31. The van der Waals surface area contributed by atoms with Crippen LogP contribution in [0.1, 0.15) is 31.6 Å². The second kappa shape index (κ2) is 11.5. The Hall–Kier alpha value is -1.54. The molecule has 1 unspecified atom stereocenters. The van der Waals surface area contributed by atoms with Gasteiger partial charge in [-0.1, -0.05) is 44.2 Å². The number of benzene rings is 1. The van der Waals surface area contributed by atoms with Gasteiger partial charge >= 0.3 is 0 Å². The van der Waals surface area contributed by atoms with Crippen molar-refractivity contribution < 1.29 is 9.15 Å². The maximum atomic E-state index is 5.48. The van der Waals surface area contributed by atoms with E-state index >= 15 is 0 Å². The summed E-state index contributed by atoms with van der Waals surface area (Å²) in [7, 11) is 0. The van der Waals surface area contributed by atoms with E-state index in [0.29, 0.717) is 12.5 Å². The molecule has 1 aromatic carbocycles. The van der Waals surface area contributed by atoms with Crippen molar-refractivity contribution in [2.24, 2.45) is 10.9 Å². The summed E-state index contributed by atoms with van der Waals surface area (Å²) in [6.07, 6.45) is 3.66. The van der Waals surface area contributed by atoms with E-state index in [0.717, 1.165) is 50.9 Å². The molecule has 0 radical (unpaired) electrons. The number of nitrogens with zero attached hydrogens (tertiary/aromatic N) is 1. The fourth-order valence-electron chi connectivity index (χ4n) is 3.18. The van der Waals surface area contributed by atoms with Gasteiger partial charge in [0.2, 0.25) is 0 Å². The van der Waals surface area contributed by atoms with Crippen molar-refractivity contribution in [1.29, 1.82) is 0 Å². The Morgan fingerprint density at radius 2 is 1.96 bits per heavy atom. The standard InChI is InChI=1S/C22H31N3O2.HI/c1-22(2,19-7-4-3-5-8-19)17-25-21(24-15-18-11-14-26-16-18)23-12-10-20-9-6-13-27-20;/h3-9,13,18H,10-12,14-17H2,1-2H3,(H2,23,24,25);1H. The molecule has 1 atom stereocenters. The molecule has 1 aliphatic heterocycles. The van der Waals surface area contributed by atoms with Crippen LogP contribution in [0.25, 0.3) is 0 Å². The molecule has 5 nitrogen and oxygen atoms in total. The Bertz CT molecular complexity index is 696. The number of hydrogen-bond donors (Lipinski definition) is 2. The smallest absolute Gasteiger partial charge is 0.191 e. The highest BCUT2D eigenvalue weighted by Gasteiger charge is 2.20. The number of nitrogens with one attached hydrogen (secondary N) is 2. The molecule has 154 valence electrons. The van der Waals surface area contributed by atoms with Gasteiger partial charge in [0.05, 0.1) is 19.4 Å². The van der Waals surface area contributed by atoms with Crippen LogP contribution in [0.4, 0.5) is 0 Å². The second-order valence-corrected chi connectivity index (χ2v) is 7.78. The molecule has 3 rings (SSSR count). The number of rotatable bonds is 8. The first-order valence-corrected chi connectivity index (χ1v) is 9.81. The summed E-state index contributed by atoms with van der Waals surface area (Å²) in [5.41, 5.74) is 1.28. The number of furan rings is 1. The Morgan fingerprint density at radius 1 is 1.14 bits per heavy atom. The van der Waals surface area contributed by atoms with Gasteiger partial charge in [-0.05, 0) is 24.1 Å². The van der Waals surface area contributed by atoms with Crippen LogP contribution >= 0.6 is 24.0 Å². The van der Waals surface area contributed by atoms with Crippen molar-refractivity contribution >= 4 is 29.9 Å². The van der Waals surface area contributed by atoms with E-state index in [4.69, 9.17) is 14.1 Å². The molecule has 0 aliphatic carbocycles. The Balaban J connectivity index is 0.00000280. The van der Waals surface area contributed by atoms with Crippen molar-refractivity contribution in [2.45, 2.75) is 32.1 Å². The monoisotopic (exact) mass is 497 g/mol. The topological polar surface area (TPSA) is 58.8 Å². The van der Waals surface area contributed by atoms with Crippen LogP contribution in [0, 0.1) is 5.92 Å². The highest BCUT2D eigenvalue weighted by Crippen LogP contribution is 2.23. The minimum absolute atomic E-state index is 0. The van der Waals surface area contributed by atoms with Gasteiger partial charge in [0.25, 0.3) is 0 Å². The van der Waals surface area contributed by atoms with Crippen molar-refractivity contribution in [3.05, 3.63) is 60.1 Å². The van der Waals surface area contributed by atoms with E-state index < -0.39 is 0 Å². The minimum Gasteiger partial charge on any atom is -0.469 e. The van der Waals surface area contributed by atoms with Crippen molar-refractivity contribution in [1.82, 2.24) is 10.6 Å². The first-order chi connectivity index (χ1) is 13.1. The molecule has 0 amide bonds. The number of halogens is 1. The van der Waals surface area contributed by atoms with Crippen LogP contribution in [-0.2, 0) is 16.6 Å². The van der Waals surface area contributed by atoms with Crippen LogP contribution in [-0.4, -0.2) is 38.8 Å². The van der Waals surface area contributed by atoms with Gasteiger partial charge in [-0.3, -0.25) is 4.99 Å². The zero-order valence-corrected chi connectivity index (χ0v) is 19.1. The number of aliphatic imine (C=N–C) groups is 1. The van der Waals surface area contributed by atoms with Crippen LogP contribution in [0.5, 0.6) is 0 Å². The normalized spacial score (nSPS) is 17.2. The summed E-state index contributed by atoms with van der Waals surface area (Å²) in [5, 5.41) is 6.94. The first kappa shape index (κ1) is 22.7.